The van der Waals surface area contributed by atoms with Crippen molar-refractivity contribution in [2.75, 3.05) is 14.2 Å². The molecule has 12 aromatic carbocycles. The maximum atomic E-state index is 13.2. The van der Waals surface area contributed by atoms with E-state index in [0.717, 1.165) is 139 Å². The van der Waals surface area contributed by atoms with Gasteiger partial charge in [-0.15, -0.1) is 61.2 Å². The van der Waals surface area contributed by atoms with E-state index in [9.17, 15) is 4.39 Å². The number of fused-ring (bicyclic) bond motifs is 6. The Hall–Kier alpha value is -16.8. The van der Waals surface area contributed by atoms with Gasteiger partial charge in [0.15, 0.2) is 33.9 Å². The summed E-state index contributed by atoms with van der Waals surface area (Å²) >= 11 is 40.3. The van der Waals surface area contributed by atoms with Gasteiger partial charge in [0.05, 0.1) is 76.7 Å². The van der Waals surface area contributed by atoms with Crippen molar-refractivity contribution in [3.05, 3.63) is 380 Å². The van der Waals surface area contributed by atoms with Crippen LogP contribution >= 0.6 is 69.6 Å². The molecule has 146 heavy (non-hydrogen) atoms. The third-order valence-corrected chi connectivity index (χ3v) is 26.4. The molecule has 0 fully saturated rings. The molecule has 0 saturated carbocycles. The van der Waals surface area contributed by atoms with Crippen LogP contribution in [-0.2, 0) is 42.3 Å². The van der Waals surface area contributed by atoms with Crippen LogP contribution in [0.5, 0.6) is 11.5 Å². The summed E-state index contributed by atoms with van der Waals surface area (Å²) in [5.74, 6) is 1.22. The normalized spacial score (nSPS) is 11.1. The van der Waals surface area contributed by atoms with Gasteiger partial charge in [0.2, 0.25) is 0 Å². The number of hydrogen-bond acceptors (Lipinski definition) is 20. The number of halogens is 7. The van der Waals surface area contributed by atoms with Gasteiger partial charge in [0.25, 0.3) is 0 Å². The molecule has 0 unspecified atom stereocenters. The lowest BCUT2D eigenvalue weighted by Crippen LogP contribution is -1.95. The first-order chi connectivity index (χ1) is 71.0. The molecule has 0 aliphatic carbocycles. The molecule has 0 spiro atoms. The van der Waals surface area contributed by atoms with E-state index in [1.165, 1.54) is 23.3 Å². The van der Waals surface area contributed by atoms with E-state index in [-0.39, 0.29) is 5.82 Å². The van der Waals surface area contributed by atoms with Crippen LogP contribution in [0.15, 0.2) is 328 Å². The van der Waals surface area contributed by atoms with Gasteiger partial charge in [0.1, 0.15) is 85.6 Å². The van der Waals surface area contributed by atoms with E-state index in [1.54, 1.807) is 61.5 Å². The number of aromatic nitrogens is 24. The molecule has 0 saturated heterocycles. The average Bonchev–Trinajstić information content (AvgIpc) is 1.63. The average molecular weight is 2040 g/mol. The SMILES string of the molecule is COc1ccc(-c2nnc3c(c(-c4cccc(OC)c4)nn3C)c2Cl)cc1.Cc1ccc(-c2nnc3c(c(-c4ccccc4)nn3C)c2Cl)cc1.Cc1cccc(-c2nn(C)c3nnc(-c4ccccc4)c(Cl)c23)c1.Cc1cccc(-c2nnc3c(c(-c4ccccc4)nn3C)c2Cl)c1.Cn1nc(-c2ccc(F)cc2)c2c(Cl)c(-c3ccccc3)nnc21.Cn1nc(-c2ccccc2)c2c(Cl)c(-c3ccccc3)nnc21. The van der Waals surface area contributed by atoms with Crippen LogP contribution in [0.25, 0.3) is 201 Å². The quantitative estimate of drug-likeness (QED) is 0.0977. The van der Waals surface area contributed by atoms with Crippen molar-refractivity contribution in [2.45, 2.75) is 20.8 Å². The summed E-state index contributed by atoms with van der Waals surface area (Å²) in [5, 5.41) is 87.5. The fourth-order valence-corrected chi connectivity index (χ4v) is 18.8. The Labute approximate surface area is 867 Å². The predicted octanol–water partition coefficient (Wildman–Crippen LogP) is 27.2. The molecule has 0 N–H and O–H groups in total. The van der Waals surface area contributed by atoms with Crippen molar-refractivity contribution in [1.29, 1.82) is 0 Å². The Kier molecular flexibility index (Phi) is 29.0. The zero-order chi connectivity index (χ0) is 102. The third kappa shape index (κ3) is 20.1. The molecular formula is C113H87Cl6FN24O2. The Bertz CT molecular complexity index is 8890. The van der Waals surface area contributed by atoms with Crippen LogP contribution < -0.4 is 9.47 Å². The maximum Gasteiger partial charge on any atom is 0.182 e. The fraction of sp³-hybridized carbons (Fsp3) is 0.0973. The second kappa shape index (κ2) is 43.2. The highest BCUT2D eigenvalue weighted by atomic mass is 35.5. The third-order valence-electron chi connectivity index (χ3n) is 24.1. The van der Waals surface area contributed by atoms with E-state index < -0.39 is 0 Å². The molecule has 33 heteroatoms. The zero-order valence-corrected chi connectivity index (χ0v) is 84.9. The molecule has 0 bridgehead atoms. The summed E-state index contributed by atoms with van der Waals surface area (Å²) in [6.45, 7) is 6.16. The molecular weight excluding hydrogens is 1960 g/mol. The summed E-state index contributed by atoms with van der Waals surface area (Å²) in [6.07, 6.45) is 0. The standard InChI is InChI=1S/C20H17ClN4O2.3C19H15ClN4.C18H12ClFN4.C18H13ClN4/c1-25-20-16(18(24-25)13-5-4-6-15(11-13)27-3)17(21)19(22-23-20)12-7-9-14(26-2)10-8-12;1-12-7-6-10-14(11-12)17-15-16(20)18(13-8-4-3-5-9-13)21-22-19(15)24(2)23-17;1-12-7-6-10-14(11-12)18-16(20)15-17(13-8-4-3-5-9-13)23-24(2)19(15)22-21-18;1-12-8-10-14(11-9-12)18-16(20)15-17(13-6-4-3-5-7-13)23-24(2)19(15)22-21-18;1-24-18-14(16(23-24)12-7-9-13(20)10-8-12)15(19)17(21-22-18)11-5-3-2-4-6-11;1-23-18-14(16(22-23)12-8-4-2-5-9-12)15(19)17(20-21-18)13-10-6-3-7-11-13/h4-11H,1-3H3;3*3-11H,1-2H3;2-10H,1H3;2-11H,1H3. The van der Waals surface area contributed by atoms with Crippen molar-refractivity contribution >= 4 is 136 Å². The van der Waals surface area contributed by atoms with E-state index in [1.807, 2.05) is 327 Å². The van der Waals surface area contributed by atoms with E-state index in [4.69, 9.17) is 79.1 Å². The number of aryl methyl sites for hydroxylation is 9. The van der Waals surface area contributed by atoms with Gasteiger partial charge in [-0.25, -0.2) is 32.5 Å². The van der Waals surface area contributed by atoms with Gasteiger partial charge in [-0.05, 0) is 93.6 Å². The van der Waals surface area contributed by atoms with Crippen LogP contribution in [0.4, 0.5) is 4.39 Å². The van der Waals surface area contributed by atoms with Gasteiger partial charge < -0.3 is 9.47 Å². The van der Waals surface area contributed by atoms with Gasteiger partial charge in [-0.1, -0.05) is 341 Å². The van der Waals surface area contributed by atoms with E-state index in [2.05, 4.69) is 124 Å². The highest BCUT2D eigenvalue weighted by molar-refractivity contribution is 6.42. The molecule has 24 aromatic rings. The lowest BCUT2D eigenvalue weighted by atomic mass is 10.1. The molecule has 0 atom stereocenters. The number of ether oxygens (including phenoxy) is 2. The van der Waals surface area contributed by atoms with Crippen molar-refractivity contribution in [3.63, 3.8) is 0 Å². The van der Waals surface area contributed by atoms with Crippen molar-refractivity contribution in [3.8, 4) is 147 Å². The molecule has 12 aromatic heterocycles. The Morgan fingerprint density at radius 1 is 0.192 bits per heavy atom. The highest BCUT2D eigenvalue weighted by Crippen LogP contribution is 2.45. The van der Waals surface area contributed by atoms with Gasteiger partial charge in [0, 0.05) is 109 Å². The molecule has 0 aliphatic heterocycles. The summed E-state index contributed by atoms with van der Waals surface area (Å²) in [7, 11) is 14.3. The summed E-state index contributed by atoms with van der Waals surface area (Å²) < 4.78 is 33.9. The minimum Gasteiger partial charge on any atom is -0.497 e. The van der Waals surface area contributed by atoms with E-state index >= 15 is 0 Å². The smallest absolute Gasteiger partial charge is 0.182 e. The summed E-state index contributed by atoms with van der Waals surface area (Å²) in [6, 6.07) is 105. The fourth-order valence-electron chi connectivity index (χ4n) is 16.9. The van der Waals surface area contributed by atoms with E-state index in [0.29, 0.717) is 109 Å². The largest absolute Gasteiger partial charge is 0.497 e. The number of methoxy groups -OCH3 is 2. The molecule has 24 rings (SSSR count). The maximum absolute atomic E-state index is 13.2. The van der Waals surface area contributed by atoms with Crippen molar-refractivity contribution in [1.82, 2.24) is 120 Å². The number of hydrogen-bond donors (Lipinski definition) is 0. The molecule has 0 radical (unpaired) electrons. The second-order valence-electron chi connectivity index (χ2n) is 34.0. The van der Waals surface area contributed by atoms with Crippen LogP contribution in [0.1, 0.15) is 16.7 Å². The topological polar surface area (TPSA) is 280 Å². The Morgan fingerprint density at radius 2 is 0.390 bits per heavy atom. The second-order valence-corrected chi connectivity index (χ2v) is 36.2. The molecule has 0 amide bonds. The monoisotopic (exact) mass is 2040 g/mol. The Balaban J connectivity index is 0.000000111. The number of nitrogens with zero attached hydrogens (tertiary/aromatic N) is 24. The van der Waals surface area contributed by atoms with Crippen molar-refractivity contribution < 1.29 is 13.9 Å². The van der Waals surface area contributed by atoms with Crippen LogP contribution in [0.2, 0.25) is 30.1 Å². The lowest BCUT2D eigenvalue weighted by Gasteiger charge is -2.07. The minimum absolute atomic E-state index is 0.296. The zero-order valence-electron chi connectivity index (χ0n) is 80.4. The minimum atomic E-state index is -0.296. The predicted molar refractivity (Wildman–Crippen MR) is 580 cm³/mol. The van der Waals surface area contributed by atoms with Gasteiger partial charge >= 0.3 is 0 Å². The number of benzene rings is 12. The highest BCUT2D eigenvalue weighted by Gasteiger charge is 2.28. The molecule has 720 valence electrons. The lowest BCUT2D eigenvalue weighted by molar-refractivity contribution is 0.415. The molecule has 26 nitrogen and oxygen atoms in total. The van der Waals surface area contributed by atoms with Gasteiger partial charge in [-0.3, -0.25) is 0 Å². The summed E-state index contributed by atoms with van der Waals surface area (Å²) in [4.78, 5) is 0. The van der Waals surface area contributed by atoms with Crippen LogP contribution in [-0.4, -0.2) is 134 Å². The van der Waals surface area contributed by atoms with Crippen LogP contribution in [0, 0.1) is 26.6 Å². The first-order valence-electron chi connectivity index (χ1n) is 45.9. The first kappa shape index (κ1) is 98.0. The number of rotatable bonds is 14. The molecule has 12 heterocycles. The Morgan fingerprint density at radius 3 is 0.651 bits per heavy atom. The first-order valence-corrected chi connectivity index (χ1v) is 48.2. The molecule has 0 aliphatic rings. The summed E-state index contributed by atoms with van der Waals surface area (Å²) in [5.41, 5.74) is 27.2. The van der Waals surface area contributed by atoms with Crippen molar-refractivity contribution in [2.24, 2.45) is 42.3 Å². The van der Waals surface area contributed by atoms with Gasteiger partial charge in [-0.2, -0.15) is 30.6 Å². The van der Waals surface area contributed by atoms with Crippen LogP contribution in [0.3, 0.4) is 0 Å².